The molecule has 6 atom stereocenters. The van der Waals surface area contributed by atoms with Gasteiger partial charge in [-0.15, -0.1) is 0 Å². The number of quaternary nitrogens is 1. The van der Waals surface area contributed by atoms with Crippen molar-refractivity contribution in [3.05, 3.63) is 51.2 Å². The van der Waals surface area contributed by atoms with Gasteiger partial charge in [-0.05, 0) is 5.56 Å². The van der Waals surface area contributed by atoms with E-state index in [4.69, 9.17) is 24.8 Å². The van der Waals surface area contributed by atoms with Crippen LogP contribution in [-0.4, -0.2) is 71.7 Å². The molecule has 27 heavy (non-hydrogen) atoms. The third-order valence-electron chi connectivity index (χ3n) is 5.99. The van der Waals surface area contributed by atoms with Gasteiger partial charge in [0, 0.05) is 12.8 Å². The number of aliphatic hydroxyl groups is 1. The smallest absolute Gasteiger partial charge is 0.316 e. The van der Waals surface area contributed by atoms with E-state index >= 15 is 0 Å². The lowest BCUT2D eigenvalue weighted by Gasteiger charge is -2.45. The molecule has 148 valence electrons. The molecule has 4 rings (SSSR count). The second-order valence-corrected chi connectivity index (χ2v) is 7.73. The predicted octanol–water partition coefficient (Wildman–Crippen LogP) is 0.824. The van der Waals surface area contributed by atoms with Crippen molar-refractivity contribution in [1.82, 2.24) is 0 Å². The van der Waals surface area contributed by atoms with Crippen LogP contribution in [-0.2, 0) is 14.3 Å². The van der Waals surface area contributed by atoms with E-state index in [2.05, 4.69) is 14.1 Å². The van der Waals surface area contributed by atoms with Crippen LogP contribution in [0.2, 0.25) is 0 Å². The number of nitrogens with zero attached hydrogens (tertiary/aromatic N) is 2. The van der Waals surface area contributed by atoms with Crippen molar-refractivity contribution in [3.63, 3.8) is 0 Å². The number of benzene rings is 1. The molecule has 0 radical (unpaired) electrons. The largest absolute Gasteiger partial charge is 0.461 e. The highest BCUT2D eigenvalue weighted by Crippen LogP contribution is 2.51. The Balaban J connectivity index is 0.000000481. The van der Waals surface area contributed by atoms with Crippen molar-refractivity contribution < 1.29 is 28.9 Å². The monoisotopic (exact) mass is 380 g/mol. The number of rotatable bonds is 4. The van der Waals surface area contributed by atoms with Crippen LogP contribution in [0.3, 0.4) is 0 Å². The van der Waals surface area contributed by atoms with Gasteiger partial charge in [-0.2, -0.15) is 0 Å². The number of likely N-dealkylation sites (N-methyl/N-ethyl adjacent to an activating group) is 1. The number of esters is 1. The molecule has 1 aromatic carbocycles. The van der Waals surface area contributed by atoms with Gasteiger partial charge >= 0.3 is 5.97 Å². The lowest BCUT2D eigenvalue weighted by atomic mass is 9.95. The van der Waals surface area contributed by atoms with E-state index in [1.54, 1.807) is 0 Å². The summed E-state index contributed by atoms with van der Waals surface area (Å²) < 4.78 is 12.5. The summed E-state index contributed by atoms with van der Waals surface area (Å²) in [5.74, 6) is -0.908. The maximum Gasteiger partial charge on any atom is 0.316 e. The summed E-state index contributed by atoms with van der Waals surface area (Å²) >= 11 is 0. The number of hydrogen-bond donors (Lipinski definition) is 1. The molecule has 9 heteroatoms. The van der Waals surface area contributed by atoms with Crippen molar-refractivity contribution in [1.29, 1.82) is 0 Å². The first-order valence-corrected chi connectivity index (χ1v) is 8.92. The summed E-state index contributed by atoms with van der Waals surface area (Å²) in [5.41, 5.74) is 0.807. The molecule has 0 aliphatic carbocycles. The number of aliphatic hydroxyl groups excluding tert-OH is 1. The number of hydrogen-bond acceptors (Lipinski definition) is 7. The molecule has 3 heterocycles. The quantitative estimate of drug-likeness (QED) is 0.269. The Bertz CT molecular complexity index is 672. The highest BCUT2D eigenvalue weighted by atomic mass is 16.9. The van der Waals surface area contributed by atoms with Crippen LogP contribution in [0.1, 0.15) is 24.3 Å². The minimum atomic E-state index is -1.75. The van der Waals surface area contributed by atoms with Gasteiger partial charge in [0.25, 0.3) is 0 Å². The number of carbonyl (C=O) groups is 1. The van der Waals surface area contributed by atoms with Crippen molar-refractivity contribution in [3.8, 4) is 0 Å². The maximum atomic E-state index is 12.5. The summed E-state index contributed by atoms with van der Waals surface area (Å²) in [7, 11) is 4.51. The Hall–Kier alpha value is -2.23. The molecule has 1 N–H and O–H groups in total. The van der Waals surface area contributed by atoms with Crippen molar-refractivity contribution >= 4 is 5.97 Å². The molecule has 2 bridgehead atoms. The molecule has 9 nitrogen and oxygen atoms in total. The number of piperidine rings is 1. The first-order chi connectivity index (χ1) is 12.8. The molecule has 0 spiro atoms. The van der Waals surface area contributed by atoms with Gasteiger partial charge in [0.05, 0.1) is 25.8 Å². The standard InChI is InChI=1S/C18H24NO4.NO3/c1-19(2)14-8-12(9-15(19)17-16(14)23-17)22-18(21)13(10-20)11-6-4-3-5-7-11;2-1(3)4/h3-7,12-17,20H,8-10H2,1-2H3;/q+1;-1/t12?,13?,14-,15-,16-,17+;/m0./s1. The molecule has 3 aliphatic heterocycles. The number of carbonyl (C=O) groups excluding carboxylic acids is 1. The van der Waals surface area contributed by atoms with Crippen LogP contribution in [0, 0.1) is 15.3 Å². The highest BCUT2D eigenvalue weighted by Gasteiger charge is 2.70. The van der Waals surface area contributed by atoms with Gasteiger partial charge in [-0.3, -0.25) is 4.79 Å². The Kier molecular flexibility index (Phi) is 5.36. The van der Waals surface area contributed by atoms with E-state index < -0.39 is 11.0 Å². The van der Waals surface area contributed by atoms with Crippen LogP contribution >= 0.6 is 0 Å². The van der Waals surface area contributed by atoms with Gasteiger partial charge in [-0.1, -0.05) is 30.3 Å². The zero-order valence-corrected chi connectivity index (χ0v) is 15.3. The molecular weight excluding hydrogens is 356 g/mol. The molecule has 0 aromatic heterocycles. The predicted molar refractivity (Wildman–Crippen MR) is 94.1 cm³/mol. The molecule has 2 unspecified atom stereocenters. The molecule has 3 fully saturated rings. The molecule has 3 aliphatic rings. The summed E-state index contributed by atoms with van der Waals surface area (Å²) in [6, 6.07) is 10.2. The minimum absolute atomic E-state index is 0.0576. The number of ether oxygens (including phenoxy) is 2. The van der Waals surface area contributed by atoms with Gasteiger partial charge in [-0.25, -0.2) is 0 Å². The molecule has 0 amide bonds. The fraction of sp³-hybridized carbons (Fsp3) is 0.611. The fourth-order valence-electron chi connectivity index (χ4n) is 4.55. The Morgan fingerprint density at radius 3 is 2.26 bits per heavy atom. The lowest BCUT2D eigenvalue weighted by Crippen LogP contribution is -2.60. The first-order valence-electron chi connectivity index (χ1n) is 8.92. The molecule has 3 saturated heterocycles. The third-order valence-corrected chi connectivity index (χ3v) is 5.99. The second kappa shape index (κ2) is 7.41. The summed E-state index contributed by atoms with van der Waals surface area (Å²) in [6.45, 7) is -0.224. The van der Waals surface area contributed by atoms with Gasteiger partial charge in [0.1, 0.15) is 36.3 Å². The average molecular weight is 380 g/mol. The van der Waals surface area contributed by atoms with Crippen LogP contribution in [0.15, 0.2) is 30.3 Å². The van der Waals surface area contributed by atoms with Crippen LogP contribution in [0.25, 0.3) is 0 Å². The Labute approximate surface area is 156 Å². The number of epoxide rings is 1. The molecule has 1 aromatic rings. The van der Waals surface area contributed by atoms with E-state index in [1.165, 1.54) is 0 Å². The van der Waals surface area contributed by atoms with Gasteiger partial charge in [0.2, 0.25) is 0 Å². The van der Waals surface area contributed by atoms with Crippen molar-refractivity contribution in [2.75, 3.05) is 20.7 Å². The number of fused-ring (bicyclic) bond motifs is 5. The maximum absolute atomic E-state index is 12.5. The SMILES string of the molecule is C[N+]1(C)[C@H]2CC(OC(=O)C(CO)c3ccccc3)C[C@H]1[C@H]1O[C@H]12.O=[N+]([O-])[O-]. The second-order valence-electron chi connectivity index (χ2n) is 7.73. The van der Waals surface area contributed by atoms with Crippen LogP contribution < -0.4 is 0 Å². The lowest BCUT2D eigenvalue weighted by molar-refractivity contribution is -0.938. The number of morpholine rings is 1. The van der Waals surface area contributed by atoms with E-state index in [1.807, 2.05) is 30.3 Å². The Morgan fingerprint density at radius 1 is 1.26 bits per heavy atom. The fourth-order valence-corrected chi connectivity index (χ4v) is 4.55. The average Bonchev–Trinajstić information content (AvgIpc) is 3.34. The minimum Gasteiger partial charge on any atom is -0.461 e. The van der Waals surface area contributed by atoms with Gasteiger partial charge in [0.15, 0.2) is 0 Å². The van der Waals surface area contributed by atoms with Crippen molar-refractivity contribution in [2.24, 2.45) is 0 Å². The highest BCUT2D eigenvalue weighted by molar-refractivity contribution is 5.78. The van der Waals surface area contributed by atoms with E-state index in [0.717, 1.165) is 22.9 Å². The normalized spacial score (nSPS) is 33.1. The zero-order valence-electron chi connectivity index (χ0n) is 15.3. The van der Waals surface area contributed by atoms with Crippen LogP contribution in [0.4, 0.5) is 0 Å². The van der Waals surface area contributed by atoms with Crippen molar-refractivity contribution in [2.45, 2.75) is 49.2 Å². The zero-order chi connectivity index (χ0) is 19.8. The summed E-state index contributed by atoms with van der Waals surface area (Å²) in [5, 5.41) is 24.4. The van der Waals surface area contributed by atoms with E-state index in [9.17, 15) is 9.90 Å². The topological polar surface area (TPSA) is 125 Å². The van der Waals surface area contributed by atoms with E-state index in [0.29, 0.717) is 24.3 Å². The van der Waals surface area contributed by atoms with E-state index in [-0.39, 0.29) is 18.7 Å². The third kappa shape index (κ3) is 3.90. The van der Waals surface area contributed by atoms with Gasteiger partial charge < -0.3 is 34.4 Å². The Morgan fingerprint density at radius 2 is 1.78 bits per heavy atom. The first kappa shape index (κ1) is 19.5. The summed E-state index contributed by atoms with van der Waals surface area (Å²) in [6.07, 6.45) is 2.34. The molecular formula is C18H24N2O7. The summed E-state index contributed by atoms with van der Waals surface area (Å²) in [4.78, 5) is 20.8. The molecule has 0 saturated carbocycles. The van der Waals surface area contributed by atoms with Crippen LogP contribution in [0.5, 0.6) is 0 Å².